The zero-order chi connectivity index (χ0) is 19.0. The van der Waals surface area contributed by atoms with Crippen LogP contribution in [0.4, 0.5) is 0 Å². The molecular formula is C17H21BrN2O3S3. The van der Waals surface area contributed by atoms with Gasteiger partial charge in [0.1, 0.15) is 0 Å². The largest absolute Gasteiger partial charge is 0.351 e. The van der Waals surface area contributed by atoms with E-state index in [9.17, 15) is 13.2 Å². The minimum atomic E-state index is -3.17. The van der Waals surface area contributed by atoms with Gasteiger partial charge in [-0.2, -0.15) is 11.8 Å². The van der Waals surface area contributed by atoms with Gasteiger partial charge in [-0.05, 0) is 52.2 Å². The lowest BCUT2D eigenvalue weighted by Crippen LogP contribution is -2.26. The molecule has 0 fully saturated rings. The Morgan fingerprint density at radius 2 is 1.88 bits per heavy atom. The van der Waals surface area contributed by atoms with Crippen molar-refractivity contribution in [3.63, 3.8) is 0 Å². The van der Waals surface area contributed by atoms with Crippen molar-refractivity contribution >= 4 is 55.0 Å². The molecule has 1 heterocycles. The molecule has 1 aromatic heterocycles. The lowest BCUT2D eigenvalue weighted by molar-refractivity contribution is 0.0956. The number of rotatable bonds is 10. The monoisotopic (exact) mass is 476 g/mol. The molecule has 9 heteroatoms. The molecule has 0 radical (unpaired) electrons. The van der Waals surface area contributed by atoms with E-state index in [1.54, 1.807) is 35.2 Å². The van der Waals surface area contributed by atoms with Crippen molar-refractivity contribution in [3.05, 3.63) is 56.2 Å². The molecule has 142 valence electrons. The number of benzene rings is 1. The lowest BCUT2D eigenvalue weighted by atomic mass is 10.1. The first-order valence-corrected chi connectivity index (χ1v) is 12.6. The molecule has 0 saturated heterocycles. The molecule has 0 atom stereocenters. The van der Waals surface area contributed by atoms with Gasteiger partial charge >= 0.3 is 0 Å². The second-order valence-corrected chi connectivity index (χ2v) is 11.1. The number of carbonyl (C=O) groups excluding carboxylic acids is 1. The topological polar surface area (TPSA) is 75.3 Å². The van der Waals surface area contributed by atoms with Gasteiger partial charge in [0, 0.05) is 35.0 Å². The molecule has 2 N–H and O–H groups in total. The Bertz CT molecular complexity index is 820. The highest BCUT2D eigenvalue weighted by Crippen LogP contribution is 2.25. The van der Waals surface area contributed by atoms with Gasteiger partial charge in [-0.1, -0.05) is 12.1 Å². The number of thiophene rings is 1. The molecular weight excluding hydrogens is 456 g/mol. The number of amides is 1. The molecule has 2 aromatic rings. The van der Waals surface area contributed by atoms with Crippen LogP contribution in [0, 0.1) is 0 Å². The quantitative estimate of drug-likeness (QED) is 0.516. The number of hydrogen-bond donors (Lipinski definition) is 2. The summed E-state index contributed by atoms with van der Waals surface area (Å²) in [5.41, 5.74) is 1.59. The third kappa shape index (κ3) is 8.22. The van der Waals surface area contributed by atoms with Crippen molar-refractivity contribution in [2.45, 2.75) is 12.2 Å². The van der Waals surface area contributed by atoms with Crippen molar-refractivity contribution in [2.75, 3.05) is 25.1 Å². The van der Waals surface area contributed by atoms with Crippen LogP contribution >= 0.6 is 39.0 Å². The van der Waals surface area contributed by atoms with Crippen LogP contribution in [-0.4, -0.2) is 39.4 Å². The van der Waals surface area contributed by atoms with E-state index >= 15 is 0 Å². The minimum Gasteiger partial charge on any atom is -0.351 e. The highest BCUT2D eigenvalue weighted by molar-refractivity contribution is 9.11. The van der Waals surface area contributed by atoms with E-state index in [1.807, 2.05) is 18.2 Å². The summed E-state index contributed by atoms with van der Waals surface area (Å²) in [7, 11) is -3.17. The Morgan fingerprint density at radius 1 is 1.15 bits per heavy atom. The summed E-state index contributed by atoms with van der Waals surface area (Å²) in [6.07, 6.45) is 1.72. The molecule has 0 aliphatic carbocycles. The third-order valence-electron chi connectivity index (χ3n) is 3.40. The van der Waals surface area contributed by atoms with Crippen molar-refractivity contribution in [3.8, 4) is 0 Å². The van der Waals surface area contributed by atoms with E-state index in [0.29, 0.717) is 25.1 Å². The average Bonchev–Trinajstić information content (AvgIpc) is 2.99. The van der Waals surface area contributed by atoms with E-state index in [2.05, 4.69) is 32.0 Å². The van der Waals surface area contributed by atoms with Gasteiger partial charge in [0.25, 0.3) is 5.91 Å². The van der Waals surface area contributed by atoms with Crippen LogP contribution in [0.25, 0.3) is 0 Å². The van der Waals surface area contributed by atoms with Gasteiger partial charge in [-0.15, -0.1) is 11.3 Å². The fraction of sp³-hybridized carbons (Fsp3) is 0.353. The average molecular weight is 477 g/mol. The molecule has 0 aliphatic heterocycles. The summed E-state index contributed by atoms with van der Waals surface area (Å²) in [4.78, 5) is 13.4. The van der Waals surface area contributed by atoms with Gasteiger partial charge < -0.3 is 5.32 Å². The highest BCUT2D eigenvalue weighted by Gasteiger charge is 2.06. The fourth-order valence-electron chi connectivity index (χ4n) is 2.14. The maximum absolute atomic E-state index is 12.1. The van der Waals surface area contributed by atoms with Gasteiger partial charge in [0.05, 0.1) is 10.0 Å². The summed E-state index contributed by atoms with van der Waals surface area (Å²) in [6, 6.07) is 11.4. The SMILES string of the molecule is CS(=O)(=O)NCCc1ccc(C(=O)NCCSCc2ccc(Br)s2)cc1. The Labute approximate surface area is 171 Å². The van der Waals surface area contributed by atoms with Crippen LogP contribution in [0.3, 0.4) is 0 Å². The fourth-order valence-corrected chi connectivity index (χ4v) is 5.07. The van der Waals surface area contributed by atoms with Crippen LogP contribution in [0.1, 0.15) is 20.8 Å². The highest BCUT2D eigenvalue weighted by atomic mass is 79.9. The van der Waals surface area contributed by atoms with Gasteiger partial charge in [0.2, 0.25) is 10.0 Å². The van der Waals surface area contributed by atoms with Crippen molar-refractivity contribution in [1.29, 1.82) is 0 Å². The summed E-state index contributed by atoms with van der Waals surface area (Å²) in [6.45, 7) is 0.971. The molecule has 0 spiro atoms. The van der Waals surface area contributed by atoms with E-state index in [1.165, 1.54) is 4.88 Å². The first-order valence-electron chi connectivity index (χ1n) is 7.97. The number of sulfonamides is 1. The normalized spacial score (nSPS) is 11.5. The standard InChI is InChI=1S/C17H21BrN2O3S3/c1-26(22,23)20-9-8-13-2-4-14(5-3-13)17(21)19-10-11-24-12-15-6-7-16(18)25-15/h2-7,20H,8-12H2,1H3,(H,19,21). The summed E-state index contributed by atoms with van der Waals surface area (Å²) >= 11 is 6.97. The van der Waals surface area contributed by atoms with E-state index < -0.39 is 10.0 Å². The molecule has 0 unspecified atom stereocenters. The van der Waals surface area contributed by atoms with Gasteiger partial charge in [0.15, 0.2) is 0 Å². The zero-order valence-corrected chi connectivity index (χ0v) is 18.4. The zero-order valence-electron chi connectivity index (χ0n) is 14.3. The molecule has 0 bridgehead atoms. The molecule has 2 rings (SSSR count). The summed E-state index contributed by atoms with van der Waals surface area (Å²) in [5, 5.41) is 2.92. The predicted molar refractivity (Wildman–Crippen MR) is 114 cm³/mol. The first-order chi connectivity index (χ1) is 12.3. The lowest BCUT2D eigenvalue weighted by Gasteiger charge is -2.07. The first kappa shape index (κ1) is 21.4. The van der Waals surface area contributed by atoms with Crippen LogP contribution in [0.2, 0.25) is 0 Å². The minimum absolute atomic E-state index is 0.0923. The van der Waals surface area contributed by atoms with Gasteiger partial charge in [-0.25, -0.2) is 13.1 Å². The van der Waals surface area contributed by atoms with Crippen LogP contribution in [0.15, 0.2) is 40.2 Å². The second kappa shape index (κ2) is 10.5. The molecule has 1 aromatic carbocycles. The maximum Gasteiger partial charge on any atom is 0.251 e. The summed E-state index contributed by atoms with van der Waals surface area (Å²) in [5.74, 6) is 1.71. The number of hydrogen-bond acceptors (Lipinski definition) is 5. The Morgan fingerprint density at radius 3 is 2.50 bits per heavy atom. The van der Waals surface area contributed by atoms with E-state index in [0.717, 1.165) is 27.1 Å². The molecule has 5 nitrogen and oxygen atoms in total. The molecule has 0 saturated carbocycles. The predicted octanol–water partition coefficient (Wildman–Crippen LogP) is 3.27. The number of nitrogens with one attached hydrogen (secondary N) is 2. The number of halogens is 1. The van der Waals surface area contributed by atoms with E-state index in [4.69, 9.17) is 0 Å². The van der Waals surface area contributed by atoms with Crippen molar-refractivity contribution in [2.24, 2.45) is 0 Å². The maximum atomic E-state index is 12.1. The molecule has 0 aliphatic rings. The van der Waals surface area contributed by atoms with Crippen LogP contribution in [0.5, 0.6) is 0 Å². The smallest absolute Gasteiger partial charge is 0.251 e. The van der Waals surface area contributed by atoms with Crippen molar-refractivity contribution < 1.29 is 13.2 Å². The van der Waals surface area contributed by atoms with Gasteiger partial charge in [-0.3, -0.25) is 4.79 Å². The number of thioether (sulfide) groups is 1. The third-order valence-corrected chi connectivity index (χ3v) is 6.94. The second-order valence-electron chi connectivity index (χ2n) is 5.63. The number of carbonyl (C=O) groups is 1. The van der Waals surface area contributed by atoms with Crippen LogP contribution < -0.4 is 10.0 Å². The van der Waals surface area contributed by atoms with Crippen molar-refractivity contribution in [1.82, 2.24) is 10.0 Å². The summed E-state index contributed by atoms with van der Waals surface area (Å²) < 4.78 is 25.6. The van der Waals surface area contributed by atoms with E-state index in [-0.39, 0.29) is 5.91 Å². The Kier molecular flexibility index (Phi) is 8.62. The molecule has 26 heavy (non-hydrogen) atoms. The van der Waals surface area contributed by atoms with Crippen LogP contribution in [-0.2, 0) is 22.2 Å². The Balaban J connectivity index is 1.67. The Hall–Kier alpha value is -0.870. The molecule has 1 amide bonds.